The lowest BCUT2D eigenvalue weighted by Crippen LogP contribution is -2.64. The normalized spacial score (nSPS) is 31.6. The minimum Gasteiger partial charge on any atom is -0.463 e. The molecule has 0 radical (unpaired) electrons. The third kappa shape index (κ3) is 11.6. The third-order valence-corrected chi connectivity index (χ3v) is 7.71. The van der Waals surface area contributed by atoms with E-state index in [0.717, 1.165) is 0 Å². The van der Waals surface area contributed by atoms with Gasteiger partial charge < -0.3 is 53.6 Å². The first-order valence-corrected chi connectivity index (χ1v) is 16.3. The summed E-state index contributed by atoms with van der Waals surface area (Å²) >= 11 is 0. The average molecular weight is 679 g/mol. The predicted molar refractivity (Wildman–Crippen MR) is 162 cm³/mol. The fraction of sp³-hybridized carbons (Fsp3) is 0.875. The van der Waals surface area contributed by atoms with Crippen LogP contribution in [0.3, 0.4) is 0 Å². The number of carbonyl (C=O) groups is 4. The van der Waals surface area contributed by atoms with Crippen molar-refractivity contribution in [2.45, 2.75) is 136 Å². The Balaban J connectivity index is 2.60. The molecule has 15 nitrogen and oxygen atoms in total. The van der Waals surface area contributed by atoms with Gasteiger partial charge in [-0.2, -0.15) is 0 Å². The molecule has 0 aliphatic carbocycles. The van der Waals surface area contributed by atoms with Crippen molar-refractivity contribution in [3.8, 4) is 0 Å². The molecule has 0 saturated carbocycles. The number of hydrogen-bond acceptors (Lipinski definition) is 15. The monoisotopic (exact) mass is 678 g/mol. The van der Waals surface area contributed by atoms with Crippen LogP contribution >= 0.6 is 0 Å². The summed E-state index contributed by atoms with van der Waals surface area (Å²) in [5.74, 6) is -6.05. The van der Waals surface area contributed by atoms with Crippen LogP contribution in [0, 0.1) is 23.7 Å². The summed E-state index contributed by atoms with van der Waals surface area (Å²) in [6, 6.07) is 0. The summed E-state index contributed by atoms with van der Waals surface area (Å²) in [6.45, 7) is 12.0. The molecule has 0 aromatic rings. The second kappa shape index (κ2) is 18.4. The van der Waals surface area contributed by atoms with E-state index >= 15 is 0 Å². The minimum absolute atomic E-state index is 0.0240. The van der Waals surface area contributed by atoms with Gasteiger partial charge in [0, 0.05) is 19.3 Å². The van der Waals surface area contributed by atoms with Gasteiger partial charge in [-0.1, -0.05) is 55.4 Å². The Bertz CT molecular complexity index is 1030. The van der Waals surface area contributed by atoms with Crippen LogP contribution in [-0.4, -0.2) is 119 Å². The Labute approximate surface area is 276 Å². The summed E-state index contributed by atoms with van der Waals surface area (Å²) in [6.07, 6.45) is -13.0. The van der Waals surface area contributed by atoms with Gasteiger partial charge in [0.05, 0.1) is 12.5 Å². The van der Waals surface area contributed by atoms with E-state index in [1.165, 1.54) is 0 Å². The van der Waals surface area contributed by atoms with Crippen LogP contribution in [0.5, 0.6) is 0 Å². The van der Waals surface area contributed by atoms with Crippen LogP contribution < -0.4 is 0 Å². The molecule has 15 heteroatoms. The molecule has 2 aliphatic rings. The van der Waals surface area contributed by atoms with E-state index in [1.54, 1.807) is 41.5 Å². The van der Waals surface area contributed by atoms with Crippen molar-refractivity contribution in [1.82, 2.24) is 0 Å². The van der Waals surface area contributed by atoms with Gasteiger partial charge in [0.1, 0.15) is 43.7 Å². The van der Waals surface area contributed by atoms with E-state index in [4.69, 9.17) is 33.2 Å². The highest BCUT2D eigenvalue weighted by atomic mass is 16.8. The molecule has 47 heavy (non-hydrogen) atoms. The average Bonchev–Trinajstić information content (AvgIpc) is 3.22. The van der Waals surface area contributed by atoms with Gasteiger partial charge >= 0.3 is 23.9 Å². The van der Waals surface area contributed by atoms with Gasteiger partial charge in [0.15, 0.2) is 12.2 Å². The quantitative estimate of drug-likeness (QED) is 0.125. The Hall–Kier alpha value is -2.40. The van der Waals surface area contributed by atoms with Gasteiger partial charge in [0.2, 0.25) is 12.1 Å². The van der Waals surface area contributed by atoms with E-state index < -0.39 is 104 Å². The third-order valence-electron chi connectivity index (χ3n) is 7.71. The Morgan fingerprint density at radius 2 is 1.30 bits per heavy atom. The predicted octanol–water partition coefficient (Wildman–Crippen LogP) is 0.992. The lowest BCUT2D eigenvalue weighted by Gasteiger charge is -2.45. The molecule has 1 unspecified atom stereocenters. The van der Waals surface area contributed by atoms with Crippen molar-refractivity contribution < 1.29 is 72.8 Å². The number of rotatable bonds is 17. The largest absolute Gasteiger partial charge is 0.463 e. The van der Waals surface area contributed by atoms with Gasteiger partial charge in [-0.3, -0.25) is 19.2 Å². The number of hydrogen-bond donors (Lipinski definition) is 4. The SMILES string of the molecule is CCC(C)C(=O)OC[C@@]1(O[C@H]2O[C@H](CO)[C@@H](O)[C@H](O)[C@H]2OC(=O)CC(C)C)O[C@H](COC(=O)CC(C)C)[C@@H](O)[C@@H]1OC(=O)CC(C)C. The molecule has 2 rings (SSSR count). The maximum absolute atomic E-state index is 13.0. The number of carbonyl (C=O) groups excluding carboxylic acids is 4. The molecule has 0 amide bonds. The smallest absolute Gasteiger partial charge is 0.308 e. The summed E-state index contributed by atoms with van der Waals surface area (Å²) in [5, 5.41) is 42.9. The molecule has 0 spiro atoms. The molecule has 272 valence electrons. The van der Waals surface area contributed by atoms with Gasteiger partial charge in [-0.25, -0.2) is 0 Å². The van der Waals surface area contributed by atoms with Crippen LogP contribution in [0.25, 0.3) is 0 Å². The first kappa shape index (κ1) is 40.8. The molecule has 2 heterocycles. The molecule has 4 N–H and O–H groups in total. The zero-order valence-corrected chi connectivity index (χ0v) is 28.7. The molecular weight excluding hydrogens is 624 g/mol. The summed E-state index contributed by atoms with van der Waals surface area (Å²) in [4.78, 5) is 50.9. The molecule has 0 bridgehead atoms. The Morgan fingerprint density at radius 3 is 1.83 bits per heavy atom. The van der Waals surface area contributed by atoms with Crippen LogP contribution in [0.4, 0.5) is 0 Å². The maximum atomic E-state index is 13.0. The maximum Gasteiger partial charge on any atom is 0.308 e. The topological polar surface area (TPSA) is 214 Å². The van der Waals surface area contributed by atoms with Crippen molar-refractivity contribution in [3.05, 3.63) is 0 Å². The second-order valence-corrected chi connectivity index (χ2v) is 13.5. The second-order valence-electron chi connectivity index (χ2n) is 13.5. The highest BCUT2D eigenvalue weighted by molar-refractivity contribution is 5.72. The van der Waals surface area contributed by atoms with E-state index in [1.807, 2.05) is 13.8 Å². The highest BCUT2D eigenvalue weighted by Crippen LogP contribution is 2.40. The summed E-state index contributed by atoms with van der Waals surface area (Å²) in [5.41, 5.74) is 0. The lowest BCUT2D eigenvalue weighted by atomic mass is 9.98. The van der Waals surface area contributed by atoms with Crippen LogP contribution in [0.1, 0.15) is 81.1 Å². The standard InChI is InChI=1S/C32H54O15/c1-9-19(8)30(40)42-15-32(47-31-28(44-23(35)11-17(4)5)27(39)25(37)20(13-33)43-31)29(45-24(36)12-18(6)7)26(38)21(46-32)14-41-22(34)10-16(2)3/h16-21,25-29,31,33,37-39H,9-15H2,1-8H3/t19?,20-,21-,25-,26-,27+,28-,29+,31-,32+/m1/s1. The van der Waals surface area contributed by atoms with Crippen molar-refractivity contribution in [2.75, 3.05) is 19.8 Å². The van der Waals surface area contributed by atoms with Crippen molar-refractivity contribution in [1.29, 1.82) is 0 Å². The molecule has 2 saturated heterocycles. The Morgan fingerprint density at radius 1 is 0.745 bits per heavy atom. The number of esters is 4. The van der Waals surface area contributed by atoms with Crippen LogP contribution in [0.15, 0.2) is 0 Å². The number of ether oxygens (including phenoxy) is 7. The molecule has 10 atom stereocenters. The highest BCUT2D eigenvalue weighted by Gasteiger charge is 2.62. The van der Waals surface area contributed by atoms with Crippen molar-refractivity contribution in [3.63, 3.8) is 0 Å². The van der Waals surface area contributed by atoms with Crippen LogP contribution in [-0.2, 0) is 52.3 Å². The van der Waals surface area contributed by atoms with E-state index in [-0.39, 0.29) is 37.0 Å². The van der Waals surface area contributed by atoms with E-state index in [0.29, 0.717) is 6.42 Å². The fourth-order valence-electron chi connectivity index (χ4n) is 4.96. The molecule has 2 fully saturated rings. The first-order chi connectivity index (χ1) is 21.9. The van der Waals surface area contributed by atoms with E-state index in [2.05, 4.69) is 0 Å². The molecule has 0 aromatic carbocycles. The lowest BCUT2D eigenvalue weighted by molar-refractivity contribution is -0.384. The Kier molecular flexibility index (Phi) is 16.0. The molecular formula is C32H54O15. The van der Waals surface area contributed by atoms with Gasteiger partial charge in [-0.05, 0) is 24.2 Å². The zero-order valence-electron chi connectivity index (χ0n) is 28.7. The zero-order chi connectivity index (χ0) is 35.6. The number of aliphatic hydroxyl groups is 4. The minimum atomic E-state index is -2.38. The van der Waals surface area contributed by atoms with Gasteiger partial charge in [-0.15, -0.1) is 0 Å². The summed E-state index contributed by atoms with van der Waals surface area (Å²) in [7, 11) is 0. The number of aliphatic hydroxyl groups excluding tert-OH is 4. The fourth-order valence-corrected chi connectivity index (χ4v) is 4.96. The first-order valence-electron chi connectivity index (χ1n) is 16.3. The molecule has 0 aromatic heterocycles. The van der Waals surface area contributed by atoms with Gasteiger partial charge in [0.25, 0.3) is 0 Å². The summed E-state index contributed by atoms with van der Waals surface area (Å²) < 4.78 is 40.1. The van der Waals surface area contributed by atoms with Crippen molar-refractivity contribution in [2.24, 2.45) is 23.7 Å². The van der Waals surface area contributed by atoms with E-state index in [9.17, 15) is 39.6 Å². The van der Waals surface area contributed by atoms with Crippen molar-refractivity contribution >= 4 is 23.9 Å². The van der Waals surface area contributed by atoms with Crippen LogP contribution in [0.2, 0.25) is 0 Å². The molecule has 2 aliphatic heterocycles.